The molecule has 1 aliphatic carbocycles. The molecule has 1 amide bonds. The van der Waals surface area contributed by atoms with E-state index in [1.807, 2.05) is 48.7 Å². The minimum atomic E-state index is -0.525. The van der Waals surface area contributed by atoms with E-state index in [0.29, 0.717) is 22.0 Å². The van der Waals surface area contributed by atoms with Crippen molar-refractivity contribution >= 4 is 35.1 Å². The van der Waals surface area contributed by atoms with Gasteiger partial charge < -0.3 is 10.1 Å². The molecule has 28 heavy (non-hydrogen) atoms. The van der Waals surface area contributed by atoms with Crippen molar-refractivity contribution in [3.63, 3.8) is 0 Å². The van der Waals surface area contributed by atoms with E-state index in [9.17, 15) is 4.79 Å². The Hall–Kier alpha value is -2.45. The lowest BCUT2D eigenvalue weighted by Gasteiger charge is -2.19. The molecule has 1 saturated carbocycles. The lowest BCUT2D eigenvalue weighted by atomic mass is 10.2. The number of rotatable bonds is 6. The zero-order chi connectivity index (χ0) is 19.5. The number of aromatic nitrogens is 3. The zero-order valence-corrected chi connectivity index (χ0v) is 17.2. The molecule has 2 N–H and O–H groups in total. The van der Waals surface area contributed by atoms with Gasteiger partial charge in [0.05, 0.1) is 16.7 Å². The highest BCUT2D eigenvalue weighted by Crippen LogP contribution is 2.31. The normalized spacial score (nSPS) is 15.5. The van der Waals surface area contributed by atoms with Crippen molar-refractivity contribution in [2.24, 2.45) is 0 Å². The molecule has 3 aromatic rings. The number of benzene rings is 1. The van der Waals surface area contributed by atoms with Crippen LogP contribution in [-0.4, -0.2) is 26.8 Å². The van der Waals surface area contributed by atoms with Crippen LogP contribution in [0.5, 0.6) is 5.75 Å². The Morgan fingerprint density at radius 3 is 2.86 bits per heavy atom. The number of nitrogens with one attached hydrogen (secondary N) is 2. The molecule has 1 aliphatic rings. The van der Waals surface area contributed by atoms with Gasteiger partial charge in [-0.1, -0.05) is 18.2 Å². The van der Waals surface area contributed by atoms with Crippen molar-refractivity contribution in [2.75, 3.05) is 5.32 Å². The first-order valence-electron chi connectivity index (χ1n) is 9.41. The van der Waals surface area contributed by atoms with Crippen LogP contribution in [0.25, 0.3) is 10.7 Å². The van der Waals surface area contributed by atoms with E-state index < -0.39 is 6.04 Å². The third-order valence-electron chi connectivity index (χ3n) is 4.95. The van der Waals surface area contributed by atoms with Crippen LogP contribution in [-0.2, 0) is 4.79 Å². The number of amides is 1. The molecule has 0 bridgehead atoms. The highest BCUT2D eigenvalue weighted by molar-refractivity contribution is 7.71. The number of hydrogen-bond donors (Lipinski definition) is 2. The summed E-state index contributed by atoms with van der Waals surface area (Å²) >= 11 is 6.93. The Bertz CT molecular complexity index is 1000. The maximum Gasteiger partial charge on any atom is 0.247 e. The number of carbonyl (C=O) groups excluding carboxylic acids is 1. The van der Waals surface area contributed by atoms with E-state index in [1.54, 1.807) is 15.9 Å². The number of carbonyl (C=O) groups is 1. The van der Waals surface area contributed by atoms with Crippen LogP contribution >= 0.6 is 23.6 Å². The van der Waals surface area contributed by atoms with Crippen LogP contribution in [0.15, 0.2) is 41.8 Å². The molecule has 0 saturated heterocycles. The van der Waals surface area contributed by atoms with Gasteiger partial charge in [0, 0.05) is 0 Å². The molecule has 1 atom stereocenters. The Morgan fingerprint density at radius 2 is 2.11 bits per heavy atom. The van der Waals surface area contributed by atoms with E-state index in [-0.39, 0.29) is 12.0 Å². The SMILES string of the molecule is CC(C(=O)Nc1ccccc1OC1CCCC1)n1c(-c2cccs2)n[nH]c1=S. The third kappa shape index (κ3) is 3.88. The molecular formula is C20H22N4O2S2. The average Bonchev–Trinajstić information content (AvgIpc) is 3.44. The van der Waals surface area contributed by atoms with Gasteiger partial charge in [0.1, 0.15) is 11.8 Å². The summed E-state index contributed by atoms with van der Waals surface area (Å²) in [5.74, 6) is 1.21. The number of ether oxygens (including phenoxy) is 1. The molecule has 1 fully saturated rings. The maximum atomic E-state index is 13.0. The topological polar surface area (TPSA) is 71.9 Å². The summed E-state index contributed by atoms with van der Waals surface area (Å²) in [5.41, 5.74) is 0.680. The Kier molecular flexibility index (Phi) is 5.59. The van der Waals surface area contributed by atoms with Gasteiger partial charge in [-0.3, -0.25) is 14.5 Å². The second-order valence-corrected chi connectivity index (χ2v) is 8.22. The van der Waals surface area contributed by atoms with Crippen molar-refractivity contribution in [1.29, 1.82) is 0 Å². The molecule has 1 aromatic carbocycles. The molecule has 146 valence electrons. The van der Waals surface area contributed by atoms with Gasteiger partial charge >= 0.3 is 0 Å². The van der Waals surface area contributed by atoms with Crippen molar-refractivity contribution in [1.82, 2.24) is 14.8 Å². The van der Waals surface area contributed by atoms with Crippen molar-refractivity contribution in [3.8, 4) is 16.5 Å². The molecule has 2 heterocycles. The third-order valence-corrected chi connectivity index (χ3v) is 6.11. The van der Waals surface area contributed by atoms with Crippen molar-refractivity contribution in [2.45, 2.75) is 44.8 Å². The highest BCUT2D eigenvalue weighted by atomic mass is 32.1. The zero-order valence-electron chi connectivity index (χ0n) is 15.6. The summed E-state index contributed by atoms with van der Waals surface area (Å²) in [6, 6.07) is 11.0. The Labute approximate surface area is 172 Å². The van der Waals surface area contributed by atoms with Crippen LogP contribution in [0, 0.1) is 4.77 Å². The van der Waals surface area contributed by atoms with Crippen LogP contribution in [0.4, 0.5) is 5.69 Å². The summed E-state index contributed by atoms with van der Waals surface area (Å²) in [5, 5.41) is 12.1. The fourth-order valence-electron chi connectivity index (χ4n) is 3.46. The fraction of sp³-hybridized carbons (Fsp3) is 0.350. The number of para-hydroxylation sites is 2. The summed E-state index contributed by atoms with van der Waals surface area (Å²) in [7, 11) is 0. The fourth-order valence-corrected chi connectivity index (χ4v) is 4.46. The number of nitrogens with zero attached hydrogens (tertiary/aromatic N) is 2. The number of hydrogen-bond acceptors (Lipinski definition) is 5. The first-order valence-corrected chi connectivity index (χ1v) is 10.7. The number of thiophene rings is 1. The number of aromatic amines is 1. The minimum Gasteiger partial charge on any atom is -0.488 e. The summed E-state index contributed by atoms with van der Waals surface area (Å²) < 4.78 is 8.29. The standard InChI is InChI=1S/C20H22N4O2S2/c1-13(24-18(22-23-20(24)27)17-11-6-12-28-17)19(25)21-15-9-4-5-10-16(15)26-14-7-2-3-8-14/h4-6,9-14H,2-3,7-8H2,1H3,(H,21,25)(H,23,27). The average molecular weight is 415 g/mol. The molecule has 4 rings (SSSR count). The van der Waals surface area contributed by atoms with E-state index in [4.69, 9.17) is 17.0 Å². The largest absolute Gasteiger partial charge is 0.488 e. The molecule has 6 nitrogen and oxygen atoms in total. The van der Waals surface area contributed by atoms with E-state index in [2.05, 4.69) is 15.5 Å². The Morgan fingerprint density at radius 1 is 1.32 bits per heavy atom. The van der Waals surface area contributed by atoms with Crippen LogP contribution < -0.4 is 10.1 Å². The van der Waals surface area contributed by atoms with Gasteiger partial charge in [0.25, 0.3) is 0 Å². The van der Waals surface area contributed by atoms with E-state index in [0.717, 1.165) is 17.7 Å². The molecule has 2 aromatic heterocycles. The molecule has 1 unspecified atom stereocenters. The summed E-state index contributed by atoms with van der Waals surface area (Å²) in [4.78, 5) is 14.0. The molecule has 0 aliphatic heterocycles. The summed E-state index contributed by atoms with van der Waals surface area (Å²) in [6.07, 6.45) is 4.74. The molecule has 8 heteroatoms. The van der Waals surface area contributed by atoms with Gasteiger partial charge in [-0.15, -0.1) is 11.3 Å². The lowest BCUT2D eigenvalue weighted by molar-refractivity contribution is -0.118. The second kappa shape index (κ2) is 8.28. The van der Waals surface area contributed by atoms with Crippen molar-refractivity contribution < 1.29 is 9.53 Å². The maximum absolute atomic E-state index is 13.0. The van der Waals surface area contributed by atoms with Gasteiger partial charge in [-0.2, -0.15) is 5.10 Å². The molecule has 0 spiro atoms. The molecule has 0 radical (unpaired) electrons. The second-order valence-electron chi connectivity index (χ2n) is 6.89. The van der Waals surface area contributed by atoms with Gasteiger partial charge in [0.15, 0.2) is 10.6 Å². The minimum absolute atomic E-state index is 0.169. The van der Waals surface area contributed by atoms with E-state index in [1.165, 1.54) is 12.8 Å². The quantitative estimate of drug-likeness (QED) is 0.545. The smallest absolute Gasteiger partial charge is 0.247 e. The van der Waals surface area contributed by atoms with Gasteiger partial charge in [-0.25, -0.2) is 0 Å². The van der Waals surface area contributed by atoms with Crippen molar-refractivity contribution in [3.05, 3.63) is 46.5 Å². The predicted octanol–water partition coefficient (Wildman–Crippen LogP) is 5.19. The van der Waals surface area contributed by atoms with Crippen LogP contribution in [0.3, 0.4) is 0 Å². The lowest BCUT2D eigenvalue weighted by Crippen LogP contribution is -2.25. The number of anilines is 1. The Balaban J connectivity index is 1.55. The first-order chi connectivity index (χ1) is 13.6. The van der Waals surface area contributed by atoms with E-state index >= 15 is 0 Å². The summed E-state index contributed by atoms with van der Waals surface area (Å²) in [6.45, 7) is 1.82. The van der Waals surface area contributed by atoms with Crippen LogP contribution in [0.2, 0.25) is 0 Å². The number of H-pyrrole nitrogens is 1. The first kappa shape index (κ1) is 18.9. The highest BCUT2D eigenvalue weighted by Gasteiger charge is 2.23. The van der Waals surface area contributed by atoms with Gasteiger partial charge in [0.2, 0.25) is 5.91 Å². The monoisotopic (exact) mass is 414 g/mol. The van der Waals surface area contributed by atoms with Gasteiger partial charge in [-0.05, 0) is 68.4 Å². The van der Waals surface area contributed by atoms with Crippen LogP contribution in [0.1, 0.15) is 38.6 Å². The predicted molar refractivity (Wildman–Crippen MR) is 113 cm³/mol. The molecular weight excluding hydrogens is 392 g/mol.